The lowest BCUT2D eigenvalue weighted by Crippen LogP contribution is -2.46. The van der Waals surface area contributed by atoms with Gasteiger partial charge < -0.3 is 9.80 Å². The van der Waals surface area contributed by atoms with Gasteiger partial charge in [-0.2, -0.15) is 0 Å². The van der Waals surface area contributed by atoms with Gasteiger partial charge in [0.25, 0.3) is 11.8 Å². The highest BCUT2D eigenvalue weighted by Crippen LogP contribution is 2.35. The number of carbonyl (C=O) groups is 2. The highest BCUT2D eigenvalue weighted by molar-refractivity contribution is 6.45. The smallest absolute Gasteiger partial charge is 0.282 e. The average Bonchev–Trinajstić information content (AvgIpc) is 2.93. The molecule has 2 aromatic rings. The van der Waals surface area contributed by atoms with Crippen LogP contribution < -0.4 is 4.90 Å². The van der Waals surface area contributed by atoms with Crippen molar-refractivity contribution >= 4 is 34.7 Å². The molecule has 2 aliphatic heterocycles. The van der Waals surface area contributed by atoms with Gasteiger partial charge >= 0.3 is 0 Å². The van der Waals surface area contributed by atoms with Crippen LogP contribution in [0, 0.1) is 6.92 Å². The number of carbonyl (C=O) groups excluding carboxylic acids is 2. The highest BCUT2D eigenvalue weighted by atomic mass is 35.5. The minimum Gasteiger partial charge on any atom is -0.364 e. The number of likely N-dealkylation sites (N-methyl/N-ethyl adjacent to an activating group) is 1. The van der Waals surface area contributed by atoms with Gasteiger partial charge in [0, 0.05) is 31.2 Å². The Balaban J connectivity index is 1.81. The van der Waals surface area contributed by atoms with E-state index in [1.807, 2.05) is 30.0 Å². The SMILES string of the molecule is Cc1cccc(N2C(=O)C(c3ccc(Cl)cc3)=C(N3CCN(C)CC3)C2=O)c1. The Bertz CT molecular complexity index is 960. The molecular weight excluding hydrogens is 374 g/mol. The summed E-state index contributed by atoms with van der Waals surface area (Å²) in [6.45, 7) is 5.07. The molecule has 28 heavy (non-hydrogen) atoms. The molecule has 0 aromatic heterocycles. The molecule has 1 fully saturated rings. The van der Waals surface area contributed by atoms with Crippen LogP contribution in [-0.2, 0) is 9.59 Å². The van der Waals surface area contributed by atoms with Crippen molar-refractivity contribution < 1.29 is 9.59 Å². The summed E-state index contributed by atoms with van der Waals surface area (Å²) in [5.41, 5.74) is 3.26. The summed E-state index contributed by atoms with van der Waals surface area (Å²) in [5.74, 6) is -0.544. The number of halogens is 1. The van der Waals surface area contributed by atoms with Crippen molar-refractivity contribution in [3.63, 3.8) is 0 Å². The number of hydrogen-bond acceptors (Lipinski definition) is 4. The lowest BCUT2D eigenvalue weighted by molar-refractivity contribution is -0.120. The van der Waals surface area contributed by atoms with E-state index in [2.05, 4.69) is 11.9 Å². The molecule has 0 radical (unpaired) electrons. The summed E-state index contributed by atoms with van der Waals surface area (Å²) in [6, 6.07) is 14.6. The Hall–Kier alpha value is -2.63. The maximum absolute atomic E-state index is 13.4. The van der Waals surface area contributed by atoms with Crippen LogP contribution in [0.5, 0.6) is 0 Å². The van der Waals surface area contributed by atoms with Gasteiger partial charge in [-0.05, 0) is 49.4 Å². The second-order valence-electron chi connectivity index (χ2n) is 7.31. The number of hydrogen-bond donors (Lipinski definition) is 0. The third-order valence-corrected chi connectivity index (χ3v) is 5.52. The fraction of sp³-hybridized carbons (Fsp3) is 0.273. The fourth-order valence-corrected chi connectivity index (χ4v) is 3.85. The minimum atomic E-state index is -0.285. The monoisotopic (exact) mass is 395 g/mol. The number of piperazine rings is 1. The third kappa shape index (κ3) is 3.32. The van der Waals surface area contributed by atoms with Crippen LogP contribution in [0.15, 0.2) is 54.2 Å². The molecule has 2 aromatic carbocycles. The van der Waals surface area contributed by atoms with E-state index >= 15 is 0 Å². The first kappa shape index (κ1) is 18.7. The first-order valence-electron chi connectivity index (χ1n) is 9.35. The van der Waals surface area contributed by atoms with E-state index in [0.717, 1.165) is 18.7 Å². The van der Waals surface area contributed by atoms with Gasteiger partial charge in [-0.15, -0.1) is 0 Å². The van der Waals surface area contributed by atoms with Crippen LogP contribution in [0.1, 0.15) is 11.1 Å². The number of nitrogens with zero attached hydrogens (tertiary/aromatic N) is 3. The number of rotatable bonds is 3. The van der Waals surface area contributed by atoms with Gasteiger partial charge in [0.15, 0.2) is 0 Å². The van der Waals surface area contributed by atoms with E-state index in [1.165, 1.54) is 4.90 Å². The van der Waals surface area contributed by atoms with E-state index in [9.17, 15) is 9.59 Å². The molecule has 0 saturated carbocycles. The fourth-order valence-electron chi connectivity index (χ4n) is 3.72. The molecule has 1 saturated heterocycles. The van der Waals surface area contributed by atoms with Gasteiger partial charge in [0.05, 0.1) is 11.3 Å². The van der Waals surface area contributed by atoms with E-state index in [0.29, 0.717) is 40.6 Å². The summed E-state index contributed by atoms with van der Waals surface area (Å²) in [7, 11) is 2.06. The Labute approximate surface area is 169 Å². The lowest BCUT2D eigenvalue weighted by Gasteiger charge is -2.34. The summed E-state index contributed by atoms with van der Waals surface area (Å²) < 4.78 is 0. The van der Waals surface area contributed by atoms with Crippen molar-refractivity contribution in [3.8, 4) is 0 Å². The molecule has 0 N–H and O–H groups in total. The second kappa shape index (κ2) is 7.41. The molecule has 5 nitrogen and oxygen atoms in total. The first-order chi connectivity index (χ1) is 13.5. The summed E-state index contributed by atoms with van der Waals surface area (Å²) in [5, 5.41) is 0.595. The van der Waals surface area contributed by atoms with Crippen LogP contribution in [0.25, 0.3) is 5.57 Å². The second-order valence-corrected chi connectivity index (χ2v) is 7.74. The van der Waals surface area contributed by atoms with Crippen LogP contribution in [-0.4, -0.2) is 54.8 Å². The van der Waals surface area contributed by atoms with Gasteiger partial charge in [-0.3, -0.25) is 9.59 Å². The van der Waals surface area contributed by atoms with Gasteiger partial charge in [0.1, 0.15) is 5.70 Å². The quantitative estimate of drug-likeness (QED) is 0.749. The topological polar surface area (TPSA) is 43.9 Å². The minimum absolute atomic E-state index is 0.259. The molecule has 0 bridgehead atoms. The molecular formula is C22H22ClN3O2. The lowest BCUT2D eigenvalue weighted by atomic mass is 10.0. The van der Waals surface area contributed by atoms with Crippen molar-refractivity contribution in [2.75, 3.05) is 38.1 Å². The van der Waals surface area contributed by atoms with Crippen molar-refractivity contribution in [1.82, 2.24) is 9.80 Å². The number of anilines is 1. The zero-order valence-electron chi connectivity index (χ0n) is 16.0. The predicted octanol–water partition coefficient (Wildman–Crippen LogP) is 3.18. The van der Waals surface area contributed by atoms with Gasteiger partial charge in [0.2, 0.25) is 0 Å². The molecule has 144 valence electrons. The Morgan fingerprint density at radius 1 is 0.893 bits per heavy atom. The predicted molar refractivity (Wildman–Crippen MR) is 111 cm³/mol. The van der Waals surface area contributed by atoms with E-state index in [-0.39, 0.29) is 11.8 Å². The van der Waals surface area contributed by atoms with E-state index in [4.69, 9.17) is 11.6 Å². The Morgan fingerprint density at radius 3 is 2.21 bits per heavy atom. The van der Waals surface area contributed by atoms with E-state index < -0.39 is 0 Å². The zero-order valence-corrected chi connectivity index (χ0v) is 16.7. The van der Waals surface area contributed by atoms with Crippen molar-refractivity contribution in [2.24, 2.45) is 0 Å². The van der Waals surface area contributed by atoms with Crippen LogP contribution in [0.4, 0.5) is 5.69 Å². The molecule has 0 unspecified atom stereocenters. The molecule has 4 rings (SSSR count). The van der Waals surface area contributed by atoms with Crippen molar-refractivity contribution in [3.05, 3.63) is 70.4 Å². The standard InChI is InChI=1S/C22H22ClN3O2/c1-15-4-3-5-18(14-15)26-21(27)19(16-6-8-17(23)9-7-16)20(22(26)28)25-12-10-24(2)11-13-25/h3-9,14H,10-13H2,1-2H3. The number of aryl methyl sites for hydroxylation is 1. The molecule has 6 heteroatoms. The summed E-state index contributed by atoms with van der Waals surface area (Å²) in [4.78, 5) is 32.4. The molecule has 2 heterocycles. The van der Waals surface area contributed by atoms with Crippen LogP contribution in [0.2, 0.25) is 5.02 Å². The molecule has 0 spiro atoms. The highest BCUT2D eigenvalue weighted by Gasteiger charge is 2.42. The normalized spacial score (nSPS) is 18.4. The summed E-state index contributed by atoms with van der Waals surface area (Å²) >= 11 is 6.03. The maximum Gasteiger partial charge on any atom is 0.282 e. The number of amides is 2. The molecule has 0 aliphatic carbocycles. The molecule has 0 atom stereocenters. The average molecular weight is 396 g/mol. The zero-order chi connectivity index (χ0) is 19.8. The number of benzene rings is 2. The van der Waals surface area contributed by atoms with Gasteiger partial charge in [-0.1, -0.05) is 35.9 Å². The third-order valence-electron chi connectivity index (χ3n) is 5.27. The number of imide groups is 1. The summed E-state index contributed by atoms with van der Waals surface area (Å²) in [6.07, 6.45) is 0. The first-order valence-corrected chi connectivity index (χ1v) is 9.72. The van der Waals surface area contributed by atoms with Crippen LogP contribution >= 0.6 is 11.6 Å². The van der Waals surface area contributed by atoms with Gasteiger partial charge in [-0.25, -0.2) is 4.90 Å². The van der Waals surface area contributed by atoms with Crippen molar-refractivity contribution in [1.29, 1.82) is 0 Å². The Kier molecular flexibility index (Phi) is 4.96. The Morgan fingerprint density at radius 2 is 1.57 bits per heavy atom. The van der Waals surface area contributed by atoms with Crippen LogP contribution in [0.3, 0.4) is 0 Å². The largest absolute Gasteiger partial charge is 0.364 e. The molecule has 2 aliphatic rings. The maximum atomic E-state index is 13.4. The van der Waals surface area contributed by atoms with Crippen molar-refractivity contribution in [2.45, 2.75) is 6.92 Å². The van der Waals surface area contributed by atoms with E-state index in [1.54, 1.807) is 30.3 Å². The molecule has 2 amide bonds.